The first-order valence-electron chi connectivity index (χ1n) is 10.9. The summed E-state index contributed by atoms with van der Waals surface area (Å²) in [6.07, 6.45) is 4.33. The number of rotatable bonds is 6. The standard InChI is InChI=1S/C23H25F2N7O2/c1-3-34-18-7-6-13(10-27-18)16-9-15(23(33)29-14-5-4-8-32(2)12-14)19(24)20(30-16)17-11-28-22(26)21(25)31-17/h6-7,9-11,14H,3-5,8,12H2,1-2H3,(H2,26,28)(H,29,33)/t14-/m0/s1. The van der Waals surface area contributed by atoms with Gasteiger partial charge in [0.1, 0.15) is 11.4 Å². The van der Waals surface area contributed by atoms with Crippen LogP contribution < -0.4 is 15.8 Å². The zero-order valence-electron chi connectivity index (χ0n) is 18.9. The zero-order chi connectivity index (χ0) is 24.2. The average molecular weight is 469 g/mol. The Morgan fingerprint density at radius 3 is 2.74 bits per heavy atom. The van der Waals surface area contributed by atoms with Crippen molar-refractivity contribution >= 4 is 11.7 Å². The number of hydrogen-bond acceptors (Lipinski definition) is 8. The Hall–Kier alpha value is -3.73. The minimum absolute atomic E-state index is 0.119. The molecule has 0 bridgehead atoms. The molecule has 0 aromatic carbocycles. The molecule has 0 radical (unpaired) electrons. The summed E-state index contributed by atoms with van der Waals surface area (Å²) in [6.45, 7) is 3.89. The molecule has 0 saturated carbocycles. The maximum absolute atomic E-state index is 15.5. The van der Waals surface area contributed by atoms with E-state index in [0.29, 0.717) is 24.6 Å². The lowest BCUT2D eigenvalue weighted by molar-refractivity contribution is 0.0908. The van der Waals surface area contributed by atoms with Crippen LogP contribution in [-0.2, 0) is 0 Å². The Bertz CT molecular complexity index is 1190. The molecule has 34 heavy (non-hydrogen) atoms. The molecule has 1 atom stereocenters. The van der Waals surface area contributed by atoms with Crippen molar-refractivity contribution in [2.75, 3.05) is 32.5 Å². The summed E-state index contributed by atoms with van der Waals surface area (Å²) in [6, 6.07) is 4.56. The van der Waals surface area contributed by atoms with Gasteiger partial charge in [0.05, 0.1) is 24.1 Å². The number of pyridine rings is 2. The number of carbonyl (C=O) groups excluding carboxylic acids is 1. The monoisotopic (exact) mass is 469 g/mol. The Kier molecular flexibility index (Phi) is 6.92. The maximum atomic E-state index is 15.5. The Morgan fingerprint density at radius 2 is 2.06 bits per heavy atom. The van der Waals surface area contributed by atoms with Crippen LogP contribution in [0.2, 0.25) is 0 Å². The molecule has 1 amide bonds. The van der Waals surface area contributed by atoms with E-state index in [1.54, 1.807) is 12.1 Å². The summed E-state index contributed by atoms with van der Waals surface area (Å²) in [4.78, 5) is 31.1. The van der Waals surface area contributed by atoms with Crippen molar-refractivity contribution in [3.8, 4) is 28.5 Å². The quantitative estimate of drug-likeness (QED) is 0.566. The number of nitrogen functional groups attached to an aromatic ring is 1. The Labute approximate surface area is 195 Å². The van der Waals surface area contributed by atoms with Crippen molar-refractivity contribution in [3.05, 3.63) is 47.9 Å². The number of hydrogen-bond donors (Lipinski definition) is 2. The normalized spacial score (nSPS) is 16.3. The first-order valence-corrected chi connectivity index (χ1v) is 10.9. The number of nitrogens with one attached hydrogen (secondary N) is 1. The van der Waals surface area contributed by atoms with Gasteiger partial charge in [-0.1, -0.05) is 0 Å². The van der Waals surface area contributed by atoms with Gasteiger partial charge in [0.25, 0.3) is 11.9 Å². The lowest BCUT2D eigenvalue weighted by Gasteiger charge is -2.30. The summed E-state index contributed by atoms with van der Waals surface area (Å²) in [5.74, 6) is -2.58. The number of likely N-dealkylation sites (tertiary alicyclic amines) is 1. The molecule has 3 aromatic rings. The van der Waals surface area contributed by atoms with Crippen molar-refractivity contribution in [3.63, 3.8) is 0 Å². The highest BCUT2D eigenvalue weighted by Gasteiger charge is 2.25. The van der Waals surface area contributed by atoms with E-state index in [0.717, 1.165) is 25.6 Å². The third kappa shape index (κ3) is 5.09. The summed E-state index contributed by atoms with van der Waals surface area (Å²) in [5, 5.41) is 2.90. The molecule has 1 fully saturated rings. The van der Waals surface area contributed by atoms with Crippen molar-refractivity contribution in [1.29, 1.82) is 0 Å². The molecule has 1 aliphatic heterocycles. The fraction of sp³-hybridized carbons (Fsp3) is 0.348. The molecule has 3 N–H and O–H groups in total. The van der Waals surface area contributed by atoms with E-state index in [1.807, 2.05) is 14.0 Å². The van der Waals surface area contributed by atoms with Crippen LogP contribution in [-0.4, -0.2) is 63.5 Å². The summed E-state index contributed by atoms with van der Waals surface area (Å²) < 4.78 is 34.9. The van der Waals surface area contributed by atoms with Crippen molar-refractivity contribution in [2.45, 2.75) is 25.8 Å². The highest BCUT2D eigenvalue weighted by atomic mass is 19.1. The number of likely N-dealkylation sites (N-methyl/N-ethyl adjacent to an activating group) is 1. The summed E-state index contributed by atoms with van der Waals surface area (Å²) in [7, 11) is 1.97. The predicted molar refractivity (Wildman–Crippen MR) is 122 cm³/mol. The van der Waals surface area contributed by atoms with Crippen molar-refractivity contribution in [2.24, 2.45) is 0 Å². The van der Waals surface area contributed by atoms with Crippen LogP contribution in [0.5, 0.6) is 5.88 Å². The van der Waals surface area contributed by atoms with E-state index >= 15 is 4.39 Å². The first-order chi connectivity index (χ1) is 16.4. The van der Waals surface area contributed by atoms with E-state index in [9.17, 15) is 9.18 Å². The fourth-order valence-corrected chi connectivity index (χ4v) is 3.81. The summed E-state index contributed by atoms with van der Waals surface area (Å²) in [5.41, 5.74) is 5.45. The number of ether oxygens (including phenoxy) is 1. The molecular formula is C23H25F2N7O2. The highest BCUT2D eigenvalue weighted by molar-refractivity contribution is 5.96. The Morgan fingerprint density at radius 1 is 1.24 bits per heavy atom. The van der Waals surface area contributed by atoms with Gasteiger partial charge in [-0.2, -0.15) is 4.39 Å². The maximum Gasteiger partial charge on any atom is 0.256 e. The van der Waals surface area contributed by atoms with Crippen LogP contribution in [0.4, 0.5) is 14.6 Å². The van der Waals surface area contributed by atoms with Gasteiger partial charge < -0.3 is 20.7 Å². The van der Waals surface area contributed by atoms with Crippen LogP contribution in [0, 0.1) is 11.8 Å². The molecule has 9 nitrogen and oxygen atoms in total. The lowest BCUT2D eigenvalue weighted by Crippen LogP contribution is -2.46. The van der Waals surface area contributed by atoms with Crippen LogP contribution in [0.3, 0.4) is 0 Å². The number of amides is 1. The van der Waals surface area contributed by atoms with Gasteiger partial charge in [0.2, 0.25) is 5.88 Å². The number of carbonyl (C=O) groups is 1. The van der Waals surface area contributed by atoms with E-state index in [2.05, 4.69) is 30.2 Å². The molecule has 0 unspecified atom stereocenters. The second-order valence-electron chi connectivity index (χ2n) is 8.04. The second-order valence-corrected chi connectivity index (χ2v) is 8.04. The van der Waals surface area contributed by atoms with Gasteiger partial charge in [-0.3, -0.25) is 4.79 Å². The second kappa shape index (κ2) is 10.0. The fourth-order valence-electron chi connectivity index (χ4n) is 3.81. The summed E-state index contributed by atoms with van der Waals surface area (Å²) >= 11 is 0. The topological polar surface area (TPSA) is 119 Å². The first kappa shape index (κ1) is 23.4. The molecule has 11 heteroatoms. The van der Waals surface area contributed by atoms with E-state index in [-0.39, 0.29) is 28.7 Å². The largest absolute Gasteiger partial charge is 0.478 e. The van der Waals surface area contributed by atoms with Gasteiger partial charge >= 0.3 is 0 Å². The van der Waals surface area contributed by atoms with Crippen LogP contribution in [0.1, 0.15) is 30.1 Å². The minimum Gasteiger partial charge on any atom is -0.478 e. The molecule has 4 rings (SSSR count). The van der Waals surface area contributed by atoms with E-state index in [1.165, 1.54) is 12.3 Å². The Balaban J connectivity index is 1.76. The SMILES string of the molecule is CCOc1ccc(-c2cc(C(=O)N[C@H]3CCCN(C)C3)c(F)c(-c3cnc(N)c(F)n3)n2)cn1. The molecule has 3 aromatic heterocycles. The number of piperidine rings is 1. The molecule has 4 heterocycles. The predicted octanol–water partition coefficient (Wildman–Crippen LogP) is 2.68. The van der Waals surface area contributed by atoms with Crippen LogP contribution in [0.25, 0.3) is 22.6 Å². The van der Waals surface area contributed by atoms with E-state index in [4.69, 9.17) is 10.5 Å². The number of aromatic nitrogens is 4. The third-order valence-corrected chi connectivity index (χ3v) is 5.48. The molecular weight excluding hydrogens is 444 g/mol. The van der Waals surface area contributed by atoms with Gasteiger partial charge in [-0.15, -0.1) is 0 Å². The third-order valence-electron chi connectivity index (χ3n) is 5.48. The van der Waals surface area contributed by atoms with Crippen molar-refractivity contribution < 1.29 is 18.3 Å². The van der Waals surface area contributed by atoms with Gasteiger partial charge in [0.15, 0.2) is 11.6 Å². The number of halogens is 2. The average Bonchev–Trinajstić information content (AvgIpc) is 2.82. The van der Waals surface area contributed by atoms with Crippen molar-refractivity contribution in [1.82, 2.24) is 30.2 Å². The zero-order valence-corrected chi connectivity index (χ0v) is 18.9. The molecule has 1 saturated heterocycles. The number of anilines is 1. The molecule has 0 aliphatic carbocycles. The molecule has 1 aliphatic rings. The van der Waals surface area contributed by atoms with Gasteiger partial charge in [-0.05, 0) is 45.5 Å². The highest BCUT2D eigenvalue weighted by Crippen LogP contribution is 2.28. The minimum atomic E-state index is -1.05. The molecule has 0 spiro atoms. The lowest BCUT2D eigenvalue weighted by atomic mass is 10.0. The molecule has 178 valence electrons. The smallest absolute Gasteiger partial charge is 0.256 e. The van der Waals surface area contributed by atoms with Crippen LogP contribution in [0.15, 0.2) is 30.6 Å². The number of nitrogens with two attached hydrogens (primary N) is 1. The van der Waals surface area contributed by atoms with Gasteiger partial charge in [0, 0.05) is 30.4 Å². The number of nitrogens with zero attached hydrogens (tertiary/aromatic N) is 5. The van der Waals surface area contributed by atoms with Crippen LogP contribution >= 0.6 is 0 Å². The van der Waals surface area contributed by atoms with E-state index < -0.39 is 23.5 Å². The van der Waals surface area contributed by atoms with Gasteiger partial charge in [-0.25, -0.2) is 24.3 Å².